The van der Waals surface area contributed by atoms with Gasteiger partial charge in [0, 0.05) is 13.2 Å². The fourth-order valence-electron chi connectivity index (χ4n) is 2.19. The molecule has 1 aromatic rings. The lowest BCUT2D eigenvalue weighted by Crippen LogP contribution is -2.34. The molecule has 0 bridgehead atoms. The number of nitrogen functional groups attached to an aromatic ring is 1. The molecule has 0 aliphatic heterocycles. The van der Waals surface area contributed by atoms with Crippen LogP contribution in [0.3, 0.4) is 0 Å². The van der Waals surface area contributed by atoms with Gasteiger partial charge in [0.15, 0.2) is 0 Å². The molecular formula is C12H18N4O2. The smallest absolute Gasteiger partial charge is 0.270 e. The predicted octanol–water partition coefficient (Wildman–Crippen LogP) is 0.665. The molecule has 1 aromatic heterocycles. The average molecular weight is 250 g/mol. The summed E-state index contributed by atoms with van der Waals surface area (Å²) in [5.74, 6) is 5.56. The van der Waals surface area contributed by atoms with Crippen LogP contribution < -0.4 is 16.6 Å². The minimum Gasteiger partial charge on any atom is -0.381 e. The van der Waals surface area contributed by atoms with E-state index in [0.29, 0.717) is 11.5 Å². The first-order valence-corrected chi connectivity index (χ1v) is 6.00. The number of nitrogens with two attached hydrogens (primary N) is 1. The van der Waals surface area contributed by atoms with Gasteiger partial charge in [0.2, 0.25) is 0 Å². The molecule has 2 rings (SSSR count). The SMILES string of the molecule is COC1CCC(NC(=O)c2cccc(NN)n2)C1. The van der Waals surface area contributed by atoms with Crippen molar-refractivity contribution in [3.63, 3.8) is 0 Å². The van der Waals surface area contributed by atoms with Crippen molar-refractivity contribution in [1.82, 2.24) is 10.3 Å². The van der Waals surface area contributed by atoms with E-state index in [2.05, 4.69) is 15.7 Å². The molecule has 6 nitrogen and oxygen atoms in total. The third-order valence-electron chi connectivity index (χ3n) is 3.18. The Morgan fingerprint density at radius 2 is 2.33 bits per heavy atom. The first-order chi connectivity index (χ1) is 8.72. The Hall–Kier alpha value is -1.66. The van der Waals surface area contributed by atoms with E-state index in [-0.39, 0.29) is 18.1 Å². The Kier molecular flexibility index (Phi) is 4.11. The van der Waals surface area contributed by atoms with Crippen molar-refractivity contribution >= 4 is 11.7 Å². The van der Waals surface area contributed by atoms with Gasteiger partial charge in [0.25, 0.3) is 5.91 Å². The van der Waals surface area contributed by atoms with Gasteiger partial charge in [-0.05, 0) is 31.4 Å². The molecule has 98 valence electrons. The van der Waals surface area contributed by atoms with Gasteiger partial charge in [-0.2, -0.15) is 0 Å². The number of anilines is 1. The minimum atomic E-state index is -0.172. The maximum Gasteiger partial charge on any atom is 0.270 e. The second-order valence-electron chi connectivity index (χ2n) is 4.39. The summed E-state index contributed by atoms with van der Waals surface area (Å²) in [7, 11) is 1.70. The summed E-state index contributed by atoms with van der Waals surface area (Å²) in [6.07, 6.45) is 3.04. The number of hydrogen-bond acceptors (Lipinski definition) is 5. The van der Waals surface area contributed by atoms with E-state index in [1.165, 1.54) is 0 Å². The standard InChI is InChI=1S/C12H18N4O2/c1-18-9-6-5-8(7-9)14-12(17)10-3-2-4-11(15-10)16-13/h2-4,8-9H,5-7,13H2,1H3,(H,14,17)(H,15,16). The molecule has 1 heterocycles. The highest BCUT2D eigenvalue weighted by molar-refractivity contribution is 5.92. The molecule has 1 fully saturated rings. The molecule has 2 unspecified atom stereocenters. The van der Waals surface area contributed by atoms with Gasteiger partial charge >= 0.3 is 0 Å². The number of amides is 1. The highest BCUT2D eigenvalue weighted by Gasteiger charge is 2.26. The molecular weight excluding hydrogens is 232 g/mol. The maximum absolute atomic E-state index is 12.0. The minimum absolute atomic E-state index is 0.166. The molecule has 1 aliphatic carbocycles. The first kappa shape index (κ1) is 12.8. The van der Waals surface area contributed by atoms with Crippen molar-refractivity contribution in [2.75, 3.05) is 12.5 Å². The van der Waals surface area contributed by atoms with E-state index in [0.717, 1.165) is 19.3 Å². The largest absolute Gasteiger partial charge is 0.381 e. The molecule has 18 heavy (non-hydrogen) atoms. The zero-order valence-corrected chi connectivity index (χ0v) is 10.3. The van der Waals surface area contributed by atoms with Crippen molar-refractivity contribution in [3.8, 4) is 0 Å². The van der Waals surface area contributed by atoms with Crippen molar-refractivity contribution in [2.45, 2.75) is 31.4 Å². The Morgan fingerprint density at radius 3 is 3.00 bits per heavy atom. The number of methoxy groups -OCH3 is 1. The molecule has 6 heteroatoms. The number of hydrazine groups is 1. The highest BCUT2D eigenvalue weighted by Crippen LogP contribution is 2.21. The fraction of sp³-hybridized carbons (Fsp3) is 0.500. The zero-order valence-electron chi connectivity index (χ0n) is 10.3. The zero-order chi connectivity index (χ0) is 13.0. The quantitative estimate of drug-likeness (QED) is 0.539. The van der Waals surface area contributed by atoms with Gasteiger partial charge in [-0.25, -0.2) is 10.8 Å². The lowest BCUT2D eigenvalue weighted by molar-refractivity contribution is 0.0910. The number of aromatic nitrogens is 1. The number of rotatable bonds is 4. The number of carbonyl (C=O) groups excluding carboxylic acids is 1. The van der Waals surface area contributed by atoms with Crippen LogP contribution in [0.5, 0.6) is 0 Å². The van der Waals surface area contributed by atoms with Crippen LogP contribution in [0, 0.1) is 0 Å². The number of nitrogens with one attached hydrogen (secondary N) is 2. The van der Waals surface area contributed by atoms with Crippen LogP contribution in [-0.4, -0.2) is 30.1 Å². The summed E-state index contributed by atoms with van der Waals surface area (Å²) < 4.78 is 5.27. The molecule has 0 radical (unpaired) electrons. The monoisotopic (exact) mass is 250 g/mol. The van der Waals surface area contributed by atoms with Crippen LogP contribution in [0.25, 0.3) is 0 Å². The fourth-order valence-corrected chi connectivity index (χ4v) is 2.19. The number of hydrogen-bond donors (Lipinski definition) is 3. The summed E-state index contributed by atoms with van der Waals surface area (Å²) in [5, 5.41) is 2.96. The lowest BCUT2D eigenvalue weighted by Gasteiger charge is -2.12. The molecule has 1 saturated carbocycles. The van der Waals surface area contributed by atoms with Crippen LogP contribution in [0.4, 0.5) is 5.82 Å². The van der Waals surface area contributed by atoms with E-state index < -0.39 is 0 Å². The van der Waals surface area contributed by atoms with Crippen LogP contribution in [0.1, 0.15) is 29.8 Å². The molecule has 1 aliphatic rings. The lowest BCUT2D eigenvalue weighted by atomic mass is 10.2. The van der Waals surface area contributed by atoms with Gasteiger partial charge in [0.1, 0.15) is 11.5 Å². The van der Waals surface area contributed by atoms with Crippen LogP contribution in [0.15, 0.2) is 18.2 Å². The molecule has 0 spiro atoms. The average Bonchev–Trinajstić information content (AvgIpc) is 2.86. The summed E-state index contributed by atoms with van der Waals surface area (Å²) in [6.45, 7) is 0. The van der Waals surface area contributed by atoms with Gasteiger partial charge in [0.05, 0.1) is 6.10 Å². The molecule has 4 N–H and O–H groups in total. The number of nitrogens with zero attached hydrogens (tertiary/aromatic N) is 1. The first-order valence-electron chi connectivity index (χ1n) is 6.00. The predicted molar refractivity (Wildman–Crippen MR) is 67.9 cm³/mol. The number of pyridine rings is 1. The van der Waals surface area contributed by atoms with Crippen LogP contribution >= 0.6 is 0 Å². The Morgan fingerprint density at radius 1 is 1.50 bits per heavy atom. The van der Waals surface area contributed by atoms with Crippen LogP contribution in [0.2, 0.25) is 0 Å². The second-order valence-corrected chi connectivity index (χ2v) is 4.39. The Labute approximate surface area is 106 Å². The van der Waals surface area contributed by atoms with E-state index >= 15 is 0 Å². The van der Waals surface area contributed by atoms with Gasteiger partial charge in [-0.15, -0.1) is 0 Å². The second kappa shape index (κ2) is 5.79. The summed E-state index contributed by atoms with van der Waals surface area (Å²) in [4.78, 5) is 16.1. The van der Waals surface area contributed by atoms with E-state index in [1.807, 2.05) is 0 Å². The molecule has 0 aromatic carbocycles. The van der Waals surface area contributed by atoms with E-state index in [9.17, 15) is 4.79 Å². The van der Waals surface area contributed by atoms with E-state index in [4.69, 9.17) is 10.6 Å². The van der Waals surface area contributed by atoms with Gasteiger partial charge in [-0.3, -0.25) is 4.79 Å². The third-order valence-corrected chi connectivity index (χ3v) is 3.18. The topological polar surface area (TPSA) is 89.3 Å². The van der Waals surface area contributed by atoms with Gasteiger partial charge in [-0.1, -0.05) is 6.07 Å². The normalized spacial score (nSPS) is 22.8. The number of ether oxygens (including phenoxy) is 1. The summed E-state index contributed by atoms with van der Waals surface area (Å²) >= 11 is 0. The molecule has 0 saturated heterocycles. The van der Waals surface area contributed by atoms with Crippen molar-refractivity contribution in [3.05, 3.63) is 23.9 Å². The van der Waals surface area contributed by atoms with Crippen molar-refractivity contribution in [1.29, 1.82) is 0 Å². The van der Waals surface area contributed by atoms with Gasteiger partial charge < -0.3 is 15.5 Å². The summed E-state index contributed by atoms with van der Waals surface area (Å²) in [6, 6.07) is 5.27. The number of carbonyl (C=O) groups is 1. The highest BCUT2D eigenvalue weighted by atomic mass is 16.5. The summed E-state index contributed by atoms with van der Waals surface area (Å²) in [5.41, 5.74) is 2.79. The van der Waals surface area contributed by atoms with Crippen molar-refractivity contribution in [2.24, 2.45) is 5.84 Å². The Balaban J connectivity index is 1.95. The van der Waals surface area contributed by atoms with Crippen molar-refractivity contribution < 1.29 is 9.53 Å². The molecule has 2 atom stereocenters. The Bertz CT molecular complexity index is 424. The van der Waals surface area contributed by atoms with E-state index in [1.54, 1.807) is 25.3 Å². The maximum atomic E-state index is 12.0. The van der Waals surface area contributed by atoms with Crippen LogP contribution in [-0.2, 0) is 4.74 Å². The third kappa shape index (κ3) is 2.96. The molecule has 1 amide bonds.